The molecule has 0 aromatic heterocycles. The molecule has 1 atom stereocenters. The zero-order chi connectivity index (χ0) is 11.1. The molecule has 1 aliphatic rings. The summed E-state index contributed by atoms with van der Waals surface area (Å²) in [6, 6.07) is 0. The van der Waals surface area contributed by atoms with Crippen molar-refractivity contribution in [2.24, 2.45) is 5.92 Å². The maximum absolute atomic E-state index is 11.2. The van der Waals surface area contributed by atoms with Crippen molar-refractivity contribution in [3.8, 4) is 0 Å². The molecule has 1 N–H and O–H groups in total. The van der Waals surface area contributed by atoms with E-state index >= 15 is 0 Å². The van der Waals surface area contributed by atoms with Crippen LogP contribution in [0.1, 0.15) is 19.8 Å². The van der Waals surface area contributed by atoms with Gasteiger partial charge in [0.2, 0.25) is 0 Å². The van der Waals surface area contributed by atoms with Crippen molar-refractivity contribution < 1.29 is 13.2 Å². The Morgan fingerprint density at radius 2 is 2.27 bits per heavy atom. The molecule has 1 aliphatic heterocycles. The van der Waals surface area contributed by atoms with Crippen LogP contribution in [0.4, 0.5) is 0 Å². The summed E-state index contributed by atoms with van der Waals surface area (Å²) in [6.07, 6.45) is 1.84. The highest BCUT2D eigenvalue weighted by molar-refractivity contribution is 7.91. The van der Waals surface area contributed by atoms with Crippen LogP contribution in [0.25, 0.3) is 0 Å². The van der Waals surface area contributed by atoms with Crippen molar-refractivity contribution in [1.29, 1.82) is 0 Å². The molecule has 0 spiro atoms. The summed E-state index contributed by atoms with van der Waals surface area (Å²) in [4.78, 5) is 0. The fourth-order valence-corrected chi connectivity index (χ4v) is 2.48. The van der Waals surface area contributed by atoms with Gasteiger partial charge in [-0.3, -0.25) is 0 Å². The van der Waals surface area contributed by atoms with Gasteiger partial charge in [0.25, 0.3) is 0 Å². The molecule has 1 saturated heterocycles. The molecule has 0 amide bonds. The van der Waals surface area contributed by atoms with E-state index < -0.39 is 9.84 Å². The fourth-order valence-electron chi connectivity index (χ4n) is 1.61. The molecule has 0 aromatic rings. The van der Waals surface area contributed by atoms with Crippen LogP contribution in [-0.2, 0) is 14.6 Å². The van der Waals surface area contributed by atoms with E-state index in [4.69, 9.17) is 4.74 Å². The Labute approximate surface area is 92.3 Å². The number of hydrogen-bond donors (Lipinski definition) is 1. The second-order valence-corrected chi connectivity index (χ2v) is 6.50. The number of sulfone groups is 1. The molecule has 0 radical (unpaired) electrons. The molecular formula is C10H21NO3S. The largest absolute Gasteiger partial charge is 0.381 e. The number of rotatable bonds is 7. The first-order valence-corrected chi connectivity index (χ1v) is 7.45. The van der Waals surface area contributed by atoms with E-state index in [-0.39, 0.29) is 5.75 Å². The predicted molar refractivity (Wildman–Crippen MR) is 60.7 cm³/mol. The van der Waals surface area contributed by atoms with Crippen molar-refractivity contribution in [1.82, 2.24) is 5.32 Å². The summed E-state index contributed by atoms with van der Waals surface area (Å²) >= 11 is 0. The van der Waals surface area contributed by atoms with E-state index in [1.165, 1.54) is 0 Å². The Kier molecular flexibility index (Phi) is 5.56. The quantitative estimate of drug-likeness (QED) is 0.651. The van der Waals surface area contributed by atoms with E-state index in [2.05, 4.69) is 5.32 Å². The topological polar surface area (TPSA) is 55.4 Å². The Morgan fingerprint density at radius 3 is 2.87 bits per heavy atom. The molecule has 1 fully saturated rings. The molecule has 1 unspecified atom stereocenters. The smallest absolute Gasteiger partial charge is 0.150 e. The molecule has 0 bridgehead atoms. The molecule has 90 valence electrons. The first-order valence-electron chi connectivity index (χ1n) is 5.63. The zero-order valence-corrected chi connectivity index (χ0v) is 10.2. The van der Waals surface area contributed by atoms with E-state index in [0.29, 0.717) is 18.1 Å². The molecule has 0 aromatic carbocycles. The van der Waals surface area contributed by atoms with E-state index in [1.807, 2.05) is 0 Å². The molecule has 5 heteroatoms. The highest BCUT2D eigenvalue weighted by Crippen LogP contribution is 2.10. The third-order valence-corrected chi connectivity index (χ3v) is 4.50. The van der Waals surface area contributed by atoms with Gasteiger partial charge < -0.3 is 10.1 Å². The minimum Gasteiger partial charge on any atom is -0.381 e. The third kappa shape index (κ3) is 5.49. The molecule has 15 heavy (non-hydrogen) atoms. The van der Waals surface area contributed by atoms with Crippen LogP contribution in [0.5, 0.6) is 0 Å². The van der Waals surface area contributed by atoms with Crippen LogP contribution < -0.4 is 5.32 Å². The van der Waals surface area contributed by atoms with Crippen LogP contribution in [0, 0.1) is 5.92 Å². The Morgan fingerprint density at radius 1 is 1.47 bits per heavy atom. The van der Waals surface area contributed by atoms with Crippen molar-refractivity contribution in [2.45, 2.75) is 19.8 Å². The molecular weight excluding hydrogens is 214 g/mol. The second kappa shape index (κ2) is 6.45. The van der Waals surface area contributed by atoms with Crippen LogP contribution in [0.15, 0.2) is 0 Å². The summed E-state index contributed by atoms with van der Waals surface area (Å²) in [5.41, 5.74) is 0. The lowest BCUT2D eigenvalue weighted by Gasteiger charge is -2.08. The third-order valence-electron chi connectivity index (χ3n) is 2.71. The molecule has 0 saturated carbocycles. The molecule has 1 heterocycles. The minimum absolute atomic E-state index is 0.253. The van der Waals surface area contributed by atoms with Gasteiger partial charge in [0, 0.05) is 18.9 Å². The lowest BCUT2D eigenvalue weighted by molar-refractivity contribution is 0.185. The average molecular weight is 235 g/mol. The van der Waals surface area contributed by atoms with Gasteiger partial charge in [-0.15, -0.1) is 0 Å². The lowest BCUT2D eigenvalue weighted by Crippen LogP contribution is -2.25. The van der Waals surface area contributed by atoms with Gasteiger partial charge in [-0.25, -0.2) is 8.42 Å². The number of hydrogen-bond acceptors (Lipinski definition) is 4. The van der Waals surface area contributed by atoms with Crippen LogP contribution in [-0.4, -0.2) is 46.2 Å². The zero-order valence-electron chi connectivity index (χ0n) is 9.37. The number of ether oxygens (including phenoxy) is 1. The molecule has 0 aliphatic carbocycles. The Hall–Kier alpha value is -0.130. The first kappa shape index (κ1) is 12.9. The van der Waals surface area contributed by atoms with Gasteiger partial charge >= 0.3 is 0 Å². The normalized spacial score (nSPS) is 22.1. The SMILES string of the molecule is CCS(=O)(=O)CCCNCC1CCOC1. The Balaban J connectivity index is 1.97. The molecule has 4 nitrogen and oxygen atoms in total. The van der Waals surface area contributed by atoms with Gasteiger partial charge in [-0.1, -0.05) is 6.92 Å². The van der Waals surface area contributed by atoms with Crippen LogP contribution in [0.3, 0.4) is 0 Å². The van der Waals surface area contributed by atoms with Gasteiger partial charge in [0.1, 0.15) is 9.84 Å². The summed E-state index contributed by atoms with van der Waals surface area (Å²) < 4.78 is 27.6. The highest BCUT2D eigenvalue weighted by Gasteiger charge is 2.14. The van der Waals surface area contributed by atoms with Crippen LogP contribution >= 0.6 is 0 Å². The Bertz CT molecular complexity index is 258. The monoisotopic (exact) mass is 235 g/mol. The average Bonchev–Trinajstić information content (AvgIpc) is 2.70. The predicted octanol–water partition coefficient (Wildman–Crippen LogP) is 0.437. The van der Waals surface area contributed by atoms with Crippen molar-refractivity contribution in [3.05, 3.63) is 0 Å². The van der Waals surface area contributed by atoms with Gasteiger partial charge in [-0.05, 0) is 25.3 Å². The van der Waals surface area contributed by atoms with Crippen molar-refractivity contribution in [3.63, 3.8) is 0 Å². The maximum Gasteiger partial charge on any atom is 0.150 e. The van der Waals surface area contributed by atoms with Crippen LogP contribution in [0.2, 0.25) is 0 Å². The lowest BCUT2D eigenvalue weighted by atomic mass is 10.1. The number of nitrogens with one attached hydrogen (secondary N) is 1. The first-order chi connectivity index (χ1) is 7.14. The van der Waals surface area contributed by atoms with Gasteiger partial charge in [-0.2, -0.15) is 0 Å². The highest BCUT2D eigenvalue weighted by atomic mass is 32.2. The van der Waals surface area contributed by atoms with Gasteiger partial charge in [0.05, 0.1) is 12.4 Å². The summed E-state index contributed by atoms with van der Waals surface area (Å²) in [7, 11) is -2.78. The van der Waals surface area contributed by atoms with Crippen molar-refractivity contribution in [2.75, 3.05) is 37.8 Å². The second-order valence-electron chi connectivity index (χ2n) is 4.02. The summed E-state index contributed by atoms with van der Waals surface area (Å²) in [6.45, 7) is 5.15. The minimum atomic E-state index is -2.78. The van der Waals surface area contributed by atoms with Crippen molar-refractivity contribution >= 4 is 9.84 Å². The molecule has 1 rings (SSSR count). The maximum atomic E-state index is 11.2. The standard InChI is InChI=1S/C10H21NO3S/c1-2-15(12,13)7-3-5-11-8-10-4-6-14-9-10/h10-11H,2-9H2,1H3. The fraction of sp³-hybridized carbons (Fsp3) is 1.00. The van der Waals surface area contributed by atoms with E-state index in [9.17, 15) is 8.42 Å². The summed E-state index contributed by atoms with van der Waals surface area (Å²) in [5, 5.41) is 3.28. The van der Waals surface area contributed by atoms with Gasteiger partial charge in [0.15, 0.2) is 0 Å². The van der Waals surface area contributed by atoms with E-state index in [0.717, 1.165) is 32.7 Å². The van der Waals surface area contributed by atoms with E-state index in [1.54, 1.807) is 6.92 Å². The summed E-state index contributed by atoms with van der Waals surface area (Å²) in [5.74, 6) is 1.17.